The molecule has 0 amide bonds. The van der Waals surface area contributed by atoms with Gasteiger partial charge in [0.15, 0.2) is 0 Å². The molecular formula is C14H32BN+. The highest BCUT2D eigenvalue weighted by molar-refractivity contribution is 5.75. The maximum absolute atomic E-state index is 2.39. The van der Waals surface area contributed by atoms with Crippen LogP contribution in [0.1, 0.15) is 65.2 Å². The van der Waals surface area contributed by atoms with E-state index >= 15 is 0 Å². The summed E-state index contributed by atoms with van der Waals surface area (Å²) in [6.45, 7) is 7.30. The molecule has 2 heteroatoms. The van der Waals surface area contributed by atoms with Crippen LogP contribution in [0.4, 0.5) is 0 Å². The van der Waals surface area contributed by atoms with Crippen LogP contribution in [0.25, 0.3) is 0 Å². The normalized spacial score (nSPS) is 11.2. The Hall–Kier alpha value is 0.0249. The molecule has 0 aliphatic rings. The molecule has 0 heterocycles. The summed E-state index contributed by atoms with van der Waals surface area (Å²) < 4.78 is 1.23. The molecule has 0 saturated heterocycles. The summed E-state index contributed by atoms with van der Waals surface area (Å²) in [5, 5.41) is 0. The van der Waals surface area contributed by atoms with Crippen molar-refractivity contribution in [2.24, 2.45) is 0 Å². The van der Waals surface area contributed by atoms with Gasteiger partial charge in [-0.2, -0.15) is 0 Å². The molecule has 16 heavy (non-hydrogen) atoms. The molecule has 0 aromatic heterocycles. The van der Waals surface area contributed by atoms with E-state index in [0.717, 1.165) is 0 Å². The number of hydrogen-bond acceptors (Lipinski definition) is 0. The zero-order chi connectivity index (χ0) is 11.6. The first-order valence-corrected chi connectivity index (χ1v) is 6.94. The lowest BCUT2D eigenvalue weighted by Gasteiger charge is -2.30. The minimum absolute atomic E-state index is 0. The number of hydrogen-bond donors (Lipinski definition) is 0. The van der Waals surface area contributed by atoms with Gasteiger partial charge in [-0.25, -0.2) is 0 Å². The van der Waals surface area contributed by atoms with Crippen LogP contribution in [0.15, 0.2) is 0 Å². The molecule has 0 aromatic rings. The third-order valence-corrected chi connectivity index (χ3v) is 3.23. The summed E-state index contributed by atoms with van der Waals surface area (Å²) in [6, 6.07) is 0. The average Bonchev–Trinajstić information content (AvgIpc) is 2.20. The molecule has 0 saturated carbocycles. The molecule has 0 aliphatic heterocycles. The van der Waals surface area contributed by atoms with Crippen molar-refractivity contribution < 1.29 is 4.48 Å². The lowest BCUT2D eigenvalue weighted by Crippen LogP contribution is -2.41. The van der Waals surface area contributed by atoms with Crippen LogP contribution >= 0.6 is 0 Å². The SMILES string of the molecule is CCCCCC[N+](C)(C)CCCCCC.[B]. The topological polar surface area (TPSA) is 0 Å². The van der Waals surface area contributed by atoms with Crippen LogP contribution in [0.3, 0.4) is 0 Å². The van der Waals surface area contributed by atoms with Crippen LogP contribution in [-0.4, -0.2) is 40.1 Å². The fraction of sp³-hybridized carbons (Fsp3) is 1.00. The van der Waals surface area contributed by atoms with Gasteiger partial charge in [-0.1, -0.05) is 39.5 Å². The first kappa shape index (κ1) is 18.4. The second-order valence-electron chi connectivity index (χ2n) is 5.50. The third kappa shape index (κ3) is 12.1. The van der Waals surface area contributed by atoms with E-state index in [1.807, 2.05) is 0 Å². The number of unbranched alkanes of at least 4 members (excludes halogenated alkanes) is 6. The lowest BCUT2D eigenvalue weighted by molar-refractivity contribution is -0.890. The number of nitrogens with zero attached hydrogens (tertiary/aromatic N) is 1. The summed E-state index contributed by atoms with van der Waals surface area (Å²) in [4.78, 5) is 0. The average molecular weight is 225 g/mol. The molecule has 0 atom stereocenters. The molecule has 0 bridgehead atoms. The van der Waals surface area contributed by atoms with E-state index in [1.54, 1.807) is 0 Å². The van der Waals surface area contributed by atoms with E-state index in [0.29, 0.717) is 0 Å². The van der Waals surface area contributed by atoms with Gasteiger partial charge in [-0.3, -0.25) is 0 Å². The summed E-state index contributed by atoms with van der Waals surface area (Å²) in [7, 11) is 4.77. The zero-order valence-electron chi connectivity index (χ0n) is 12.1. The van der Waals surface area contributed by atoms with Crippen molar-refractivity contribution in [2.45, 2.75) is 65.2 Å². The lowest BCUT2D eigenvalue weighted by atomic mass is 10.1. The smallest absolute Gasteiger partial charge is 0.0782 e. The molecule has 3 radical (unpaired) electrons. The summed E-state index contributed by atoms with van der Waals surface area (Å²) in [5.74, 6) is 0. The van der Waals surface area contributed by atoms with Gasteiger partial charge in [0.2, 0.25) is 0 Å². The number of rotatable bonds is 10. The Bertz CT molecular complexity index is 121. The molecule has 0 fully saturated rings. The van der Waals surface area contributed by atoms with Crippen LogP contribution in [0.2, 0.25) is 0 Å². The molecular weight excluding hydrogens is 193 g/mol. The molecule has 0 N–H and O–H groups in total. The number of quaternary nitrogens is 1. The van der Waals surface area contributed by atoms with Gasteiger partial charge in [-0.15, -0.1) is 0 Å². The van der Waals surface area contributed by atoms with Crippen molar-refractivity contribution in [3.63, 3.8) is 0 Å². The molecule has 0 rings (SSSR count). The molecule has 0 spiro atoms. The molecule has 0 unspecified atom stereocenters. The molecule has 1 nitrogen and oxygen atoms in total. The highest BCUT2D eigenvalue weighted by Crippen LogP contribution is 2.08. The minimum Gasteiger partial charge on any atom is -0.328 e. The van der Waals surface area contributed by atoms with Gasteiger partial charge < -0.3 is 4.48 Å². The molecule has 0 aromatic carbocycles. The monoisotopic (exact) mass is 225 g/mol. The van der Waals surface area contributed by atoms with E-state index < -0.39 is 0 Å². The predicted molar refractivity (Wildman–Crippen MR) is 75.9 cm³/mol. The first-order chi connectivity index (χ1) is 7.12. The van der Waals surface area contributed by atoms with Gasteiger partial charge in [-0.05, 0) is 25.7 Å². The third-order valence-electron chi connectivity index (χ3n) is 3.23. The maximum atomic E-state index is 2.39. The highest BCUT2D eigenvalue weighted by atomic mass is 15.3. The quantitative estimate of drug-likeness (QED) is 0.301. The Labute approximate surface area is 106 Å². The summed E-state index contributed by atoms with van der Waals surface area (Å²) in [5.41, 5.74) is 0. The second-order valence-corrected chi connectivity index (χ2v) is 5.50. The van der Waals surface area contributed by atoms with E-state index in [9.17, 15) is 0 Å². The van der Waals surface area contributed by atoms with Gasteiger partial charge in [0, 0.05) is 8.41 Å². The highest BCUT2D eigenvalue weighted by Gasteiger charge is 2.12. The van der Waals surface area contributed by atoms with E-state index in [-0.39, 0.29) is 8.41 Å². The van der Waals surface area contributed by atoms with Gasteiger partial charge in [0.1, 0.15) is 0 Å². The largest absolute Gasteiger partial charge is 0.328 e. The Morgan fingerprint density at radius 2 is 1.00 bits per heavy atom. The van der Waals surface area contributed by atoms with Crippen molar-refractivity contribution in [1.82, 2.24) is 0 Å². The Balaban J connectivity index is 0. The fourth-order valence-electron chi connectivity index (χ4n) is 2.05. The van der Waals surface area contributed by atoms with Crippen LogP contribution in [-0.2, 0) is 0 Å². The Morgan fingerprint density at radius 3 is 1.31 bits per heavy atom. The van der Waals surface area contributed by atoms with Crippen molar-refractivity contribution in [1.29, 1.82) is 0 Å². The van der Waals surface area contributed by atoms with E-state index in [1.165, 1.54) is 68.9 Å². The van der Waals surface area contributed by atoms with Crippen LogP contribution in [0, 0.1) is 0 Å². The fourth-order valence-corrected chi connectivity index (χ4v) is 2.05. The van der Waals surface area contributed by atoms with Crippen molar-refractivity contribution in [3.05, 3.63) is 0 Å². The Kier molecular flexibility index (Phi) is 13.2. The van der Waals surface area contributed by atoms with Crippen molar-refractivity contribution in [3.8, 4) is 0 Å². The van der Waals surface area contributed by atoms with Crippen molar-refractivity contribution >= 4 is 8.41 Å². The van der Waals surface area contributed by atoms with E-state index in [2.05, 4.69) is 27.9 Å². The summed E-state index contributed by atoms with van der Waals surface area (Å²) in [6.07, 6.45) is 11.2. The standard InChI is InChI=1S/C14H32N.B/c1-5-7-9-11-13-15(3,4)14-12-10-8-6-2;/h5-14H2,1-4H3;/q+1;. The van der Waals surface area contributed by atoms with Crippen molar-refractivity contribution in [2.75, 3.05) is 27.2 Å². The predicted octanol–water partition coefficient (Wildman–Crippen LogP) is 3.84. The van der Waals surface area contributed by atoms with Crippen LogP contribution < -0.4 is 0 Å². The maximum Gasteiger partial charge on any atom is 0.0782 e. The van der Waals surface area contributed by atoms with Gasteiger partial charge in [0.25, 0.3) is 0 Å². The molecule has 0 aliphatic carbocycles. The van der Waals surface area contributed by atoms with E-state index in [4.69, 9.17) is 0 Å². The minimum atomic E-state index is 0. The second kappa shape index (κ2) is 11.5. The van der Waals surface area contributed by atoms with Gasteiger partial charge >= 0.3 is 0 Å². The van der Waals surface area contributed by atoms with Gasteiger partial charge in [0.05, 0.1) is 27.2 Å². The summed E-state index contributed by atoms with van der Waals surface area (Å²) >= 11 is 0. The van der Waals surface area contributed by atoms with Crippen LogP contribution in [0.5, 0.6) is 0 Å². The zero-order valence-corrected chi connectivity index (χ0v) is 12.1. The molecule has 95 valence electrons. The Morgan fingerprint density at radius 1 is 0.625 bits per heavy atom. The first-order valence-electron chi connectivity index (χ1n) is 6.94.